The van der Waals surface area contributed by atoms with E-state index in [1.807, 2.05) is 9.80 Å². The van der Waals surface area contributed by atoms with Gasteiger partial charge in [0.2, 0.25) is 11.8 Å². The molecule has 4 nitrogen and oxygen atoms in total. The second-order valence-electron chi connectivity index (χ2n) is 7.15. The summed E-state index contributed by atoms with van der Waals surface area (Å²) in [6.45, 7) is 11.4. The Hall–Kier alpha value is -1.06. The third-order valence-electron chi connectivity index (χ3n) is 5.40. The van der Waals surface area contributed by atoms with Crippen molar-refractivity contribution in [2.45, 2.75) is 79.1 Å². The van der Waals surface area contributed by atoms with Crippen molar-refractivity contribution >= 4 is 11.8 Å². The summed E-state index contributed by atoms with van der Waals surface area (Å²) in [4.78, 5) is 29.3. The minimum Gasteiger partial charge on any atom is -0.339 e. The molecule has 1 heterocycles. The molecule has 0 N–H and O–H groups in total. The SMILES string of the molecule is CCCCC(CC)C(=O)N1CCN(C(=O)C(CC)CCCC)CC1. The number of hydrogen-bond donors (Lipinski definition) is 0. The number of rotatable bonds is 10. The van der Waals surface area contributed by atoms with Gasteiger partial charge in [0.25, 0.3) is 0 Å². The van der Waals surface area contributed by atoms with Gasteiger partial charge in [0, 0.05) is 38.0 Å². The van der Waals surface area contributed by atoms with Crippen molar-refractivity contribution in [2.75, 3.05) is 26.2 Å². The van der Waals surface area contributed by atoms with Crippen LogP contribution in [-0.4, -0.2) is 47.8 Å². The van der Waals surface area contributed by atoms with E-state index in [-0.39, 0.29) is 11.8 Å². The van der Waals surface area contributed by atoms with Crippen LogP contribution in [0.4, 0.5) is 0 Å². The molecule has 0 saturated carbocycles. The lowest BCUT2D eigenvalue weighted by Crippen LogP contribution is -2.53. The van der Waals surface area contributed by atoms with Gasteiger partial charge in [-0.05, 0) is 25.7 Å². The first-order chi connectivity index (χ1) is 11.6. The van der Waals surface area contributed by atoms with E-state index in [1.54, 1.807) is 0 Å². The Morgan fingerprint density at radius 2 is 1.04 bits per heavy atom. The third kappa shape index (κ3) is 6.10. The Bertz CT molecular complexity index is 340. The Morgan fingerprint density at radius 3 is 1.29 bits per heavy atom. The monoisotopic (exact) mass is 338 g/mol. The zero-order chi connectivity index (χ0) is 17.9. The molecule has 0 aromatic rings. The normalized spacial score (nSPS) is 17.7. The van der Waals surface area contributed by atoms with Crippen LogP contribution in [0.3, 0.4) is 0 Å². The van der Waals surface area contributed by atoms with E-state index in [2.05, 4.69) is 27.7 Å². The summed E-state index contributed by atoms with van der Waals surface area (Å²) in [7, 11) is 0. The van der Waals surface area contributed by atoms with Gasteiger partial charge < -0.3 is 9.80 Å². The number of unbranched alkanes of at least 4 members (excludes halogenated alkanes) is 2. The summed E-state index contributed by atoms with van der Waals surface area (Å²) in [6, 6.07) is 0. The molecule has 1 fully saturated rings. The van der Waals surface area contributed by atoms with Crippen molar-refractivity contribution in [3.63, 3.8) is 0 Å². The molecule has 1 aliphatic heterocycles. The predicted octanol–water partition coefficient (Wildman–Crippen LogP) is 4.09. The zero-order valence-electron chi connectivity index (χ0n) is 16.4. The highest BCUT2D eigenvalue weighted by atomic mass is 16.2. The Balaban J connectivity index is 2.49. The molecule has 0 aliphatic carbocycles. The molecule has 1 saturated heterocycles. The number of nitrogens with zero attached hydrogens (tertiary/aromatic N) is 2. The maximum atomic E-state index is 12.7. The van der Waals surface area contributed by atoms with Gasteiger partial charge in [0.1, 0.15) is 0 Å². The molecule has 0 spiro atoms. The summed E-state index contributed by atoms with van der Waals surface area (Å²) in [5.41, 5.74) is 0. The first-order valence-corrected chi connectivity index (χ1v) is 10.2. The van der Waals surface area contributed by atoms with Crippen molar-refractivity contribution in [3.8, 4) is 0 Å². The summed E-state index contributed by atoms with van der Waals surface area (Å²) in [5, 5.41) is 0. The Kier molecular flexibility index (Phi) is 10.0. The van der Waals surface area contributed by atoms with E-state index in [1.165, 1.54) is 0 Å². The number of amides is 2. The summed E-state index contributed by atoms with van der Waals surface area (Å²) < 4.78 is 0. The van der Waals surface area contributed by atoms with Crippen LogP contribution in [0, 0.1) is 11.8 Å². The predicted molar refractivity (Wildman–Crippen MR) is 99.8 cm³/mol. The molecular formula is C20H38N2O2. The van der Waals surface area contributed by atoms with E-state index in [0.717, 1.165) is 51.4 Å². The van der Waals surface area contributed by atoms with Gasteiger partial charge in [-0.25, -0.2) is 0 Å². The van der Waals surface area contributed by atoms with Gasteiger partial charge in [-0.15, -0.1) is 0 Å². The minimum atomic E-state index is 0.167. The summed E-state index contributed by atoms with van der Waals surface area (Å²) in [6.07, 6.45) is 8.38. The minimum absolute atomic E-state index is 0.167. The highest BCUT2D eigenvalue weighted by Gasteiger charge is 2.29. The van der Waals surface area contributed by atoms with Crippen LogP contribution in [0.2, 0.25) is 0 Å². The maximum Gasteiger partial charge on any atom is 0.225 e. The topological polar surface area (TPSA) is 40.6 Å². The van der Waals surface area contributed by atoms with Crippen LogP contribution >= 0.6 is 0 Å². The fraction of sp³-hybridized carbons (Fsp3) is 0.900. The molecule has 2 atom stereocenters. The zero-order valence-corrected chi connectivity index (χ0v) is 16.4. The molecule has 0 aromatic carbocycles. The molecule has 0 aromatic heterocycles. The van der Waals surface area contributed by atoms with Crippen molar-refractivity contribution in [3.05, 3.63) is 0 Å². The molecule has 2 unspecified atom stereocenters. The maximum absolute atomic E-state index is 12.7. The van der Waals surface area contributed by atoms with Gasteiger partial charge in [-0.2, -0.15) is 0 Å². The molecule has 140 valence electrons. The van der Waals surface area contributed by atoms with Crippen molar-refractivity contribution < 1.29 is 9.59 Å². The molecule has 24 heavy (non-hydrogen) atoms. The first kappa shape index (κ1) is 21.0. The number of carbonyl (C=O) groups is 2. The van der Waals surface area contributed by atoms with E-state index in [4.69, 9.17) is 0 Å². The molecule has 2 amide bonds. The Morgan fingerprint density at radius 1 is 0.708 bits per heavy atom. The smallest absolute Gasteiger partial charge is 0.225 e. The van der Waals surface area contributed by atoms with Crippen LogP contribution in [-0.2, 0) is 9.59 Å². The van der Waals surface area contributed by atoms with E-state index in [9.17, 15) is 9.59 Å². The molecule has 1 aliphatic rings. The highest BCUT2D eigenvalue weighted by molar-refractivity contribution is 5.81. The molecule has 1 rings (SSSR count). The fourth-order valence-corrected chi connectivity index (χ4v) is 3.57. The lowest BCUT2D eigenvalue weighted by atomic mass is 9.96. The Labute approximate surface area is 149 Å². The quantitative estimate of drug-likeness (QED) is 0.602. The van der Waals surface area contributed by atoms with Crippen LogP contribution < -0.4 is 0 Å². The van der Waals surface area contributed by atoms with Gasteiger partial charge in [-0.1, -0.05) is 53.4 Å². The fourth-order valence-electron chi connectivity index (χ4n) is 3.57. The van der Waals surface area contributed by atoms with Gasteiger partial charge >= 0.3 is 0 Å². The second kappa shape index (κ2) is 11.5. The van der Waals surface area contributed by atoms with E-state index < -0.39 is 0 Å². The van der Waals surface area contributed by atoms with Crippen molar-refractivity contribution in [2.24, 2.45) is 11.8 Å². The standard InChI is InChI=1S/C20H38N2O2/c1-5-9-11-17(7-3)19(23)21-13-15-22(16-14-21)20(24)18(8-4)12-10-6-2/h17-18H,5-16H2,1-4H3. The van der Waals surface area contributed by atoms with Crippen molar-refractivity contribution in [1.82, 2.24) is 9.80 Å². The van der Waals surface area contributed by atoms with E-state index in [0.29, 0.717) is 38.0 Å². The average molecular weight is 339 g/mol. The van der Waals surface area contributed by atoms with Crippen LogP contribution in [0.1, 0.15) is 79.1 Å². The number of piperazine rings is 1. The van der Waals surface area contributed by atoms with E-state index >= 15 is 0 Å². The lowest BCUT2D eigenvalue weighted by Gasteiger charge is -2.37. The van der Waals surface area contributed by atoms with Crippen LogP contribution in [0.25, 0.3) is 0 Å². The van der Waals surface area contributed by atoms with Crippen LogP contribution in [0.15, 0.2) is 0 Å². The molecule has 0 radical (unpaired) electrons. The second-order valence-corrected chi connectivity index (χ2v) is 7.15. The van der Waals surface area contributed by atoms with Crippen molar-refractivity contribution in [1.29, 1.82) is 0 Å². The van der Waals surface area contributed by atoms with Crippen LogP contribution in [0.5, 0.6) is 0 Å². The lowest BCUT2D eigenvalue weighted by molar-refractivity contribution is -0.144. The summed E-state index contributed by atoms with van der Waals surface area (Å²) >= 11 is 0. The molecule has 4 heteroatoms. The molecule has 0 bridgehead atoms. The summed E-state index contributed by atoms with van der Waals surface area (Å²) in [5.74, 6) is 0.937. The molecular weight excluding hydrogens is 300 g/mol. The van der Waals surface area contributed by atoms with Gasteiger partial charge in [0.05, 0.1) is 0 Å². The number of carbonyl (C=O) groups excluding carboxylic acids is 2. The van der Waals surface area contributed by atoms with Gasteiger partial charge in [0.15, 0.2) is 0 Å². The third-order valence-corrected chi connectivity index (χ3v) is 5.40. The highest BCUT2D eigenvalue weighted by Crippen LogP contribution is 2.20. The average Bonchev–Trinajstić information content (AvgIpc) is 2.62. The van der Waals surface area contributed by atoms with Gasteiger partial charge in [-0.3, -0.25) is 9.59 Å². The largest absolute Gasteiger partial charge is 0.339 e. The first-order valence-electron chi connectivity index (χ1n) is 10.2. The number of hydrogen-bond acceptors (Lipinski definition) is 2.